The van der Waals surface area contributed by atoms with Crippen LogP contribution in [-0.4, -0.2) is 21.9 Å². The number of rotatable bonds is 3. The van der Waals surface area contributed by atoms with Crippen LogP contribution in [-0.2, 0) is 4.79 Å². The van der Waals surface area contributed by atoms with Crippen LogP contribution in [0.3, 0.4) is 0 Å². The summed E-state index contributed by atoms with van der Waals surface area (Å²) in [6, 6.07) is 17.5. The number of benzene rings is 2. The number of aromatic nitrogens is 2. The summed E-state index contributed by atoms with van der Waals surface area (Å²) < 4.78 is 1.80. The van der Waals surface area contributed by atoms with Crippen LogP contribution in [0.2, 0.25) is 0 Å². The van der Waals surface area contributed by atoms with E-state index in [1.54, 1.807) is 4.68 Å². The largest absolute Gasteiger partial charge is 0.356 e. The van der Waals surface area contributed by atoms with Crippen molar-refractivity contribution >= 4 is 17.9 Å². The van der Waals surface area contributed by atoms with Gasteiger partial charge in [0.15, 0.2) is 5.82 Å². The van der Waals surface area contributed by atoms with Crippen LogP contribution >= 0.6 is 0 Å². The average Bonchev–Trinajstić information content (AvgIpc) is 2.99. The van der Waals surface area contributed by atoms with Crippen LogP contribution < -0.4 is 5.32 Å². The Bertz CT molecular complexity index is 955. The Morgan fingerprint density at radius 3 is 2.44 bits per heavy atom. The van der Waals surface area contributed by atoms with Crippen molar-refractivity contribution in [1.29, 1.82) is 0 Å². The molecule has 5 nitrogen and oxygen atoms in total. The number of nitrogens with one attached hydrogen (secondary N) is 1. The van der Waals surface area contributed by atoms with Gasteiger partial charge in [0.05, 0.1) is 11.4 Å². The lowest BCUT2D eigenvalue weighted by atomic mass is 10.0. The van der Waals surface area contributed by atoms with Crippen molar-refractivity contribution in [2.45, 2.75) is 19.9 Å². The fraction of sp³-hybridized carbons (Fsp3) is 0.150. The second-order valence-corrected chi connectivity index (χ2v) is 6.15. The van der Waals surface area contributed by atoms with Gasteiger partial charge in [-0.1, -0.05) is 48.0 Å². The van der Waals surface area contributed by atoms with E-state index in [4.69, 9.17) is 4.99 Å². The Balaban J connectivity index is 1.90. The maximum absolute atomic E-state index is 11.7. The predicted octanol–water partition coefficient (Wildman–Crippen LogP) is 3.41. The van der Waals surface area contributed by atoms with Crippen molar-refractivity contribution in [1.82, 2.24) is 15.1 Å². The predicted molar refractivity (Wildman–Crippen MR) is 97.6 cm³/mol. The van der Waals surface area contributed by atoms with E-state index in [9.17, 15) is 4.79 Å². The summed E-state index contributed by atoms with van der Waals surface area (Å²) in [5, 5.41) is 7.84. The fourth-order valence-electron chi connectivity index (χ4n) is 3.07. The van der Waals surface area contributed by atoms with Gasteiger partial charge in [-0.15, -0.1) is 0 Å². The van der Waals surface area contributed by atoms with Gasteiger partial charge in [-0.3, -0.25) is 0 Å². The molecule has 0 fully saturated rings. The smallest absolute Gasteiger partial charge is 0.164 e. The Morgan fingerprint density at radius 2 is 1.76 bits per heavy atom. The molecule has 25 heavy (non-hydrogen) atoms. The highest BCUT2D eigenvalue weighted by Gasteiger charge is 2.29. The summed E-state index contributed by atoms with van der Waals surface area (Å²) >= 11 is 0. The van der Waals surface area contributed by atoms with E-state index < -0.39 is 6.04 Å². The third-order valence-electron chi connectivity index (χ3n) is 4.36. The zero-order chi connectivity index (χ0) is 17.4. The minimum atomic E-state index is -0.457. The molecule has 124 valence electrons. The lowest BCUT2D eigenvalue weighted by Gasteiger charge is -2.22. The molecule has 0 bridgehead atoms. The first-order chi connectivity index (χ1) is 12.2. The van der Waals surface area contributed by atoms with Gasteiger partial charge in [-0.25, -0.2) is 9.67 Å². The molecule has 4 rings (SSSR count). The number of fused-ring (bicyclic) bond motifs is 1. The van der Waals surface area contributed by atoms with Crippen molar-refractivity contribution in [2.24, 2.45) is 4.99 Å². The van der Waals surface area contributed by atoms with E-state index in [2.05, 4.69) is 10.4 Å². The molecular formula is C20H18N4O. The van der Waals surface area contributed by atoms with Crippen LogP contribution in [0.5, 0.6) is 0 Å². The van der Waals surface area contributed by atoms with Crippen LogP contribution in [0.15, 0.2) is 59.6 Å². The normalized spacial score (nSPS) is 15.9. The Kier molecular flexibility index (Phi) is 3.69. The molecule has 0 radical (unpaired) electrons. The van der Waals surface area contributed by atoms with Crippen molar-refractivity contribution in [3.05, 3.63) is 77.0 Å². The first-order valence-corrected chi connectivity index (χ1v) is 8.20. The molecular weight excluding hydrogens is 312 g/mol. The number of carbonyl (C=O) groups excluding carboxylic acids is 1. The molecule has 2 heterocycles. The van der Waals surface area contributed by atoms with Gasteiger partial charge in [0.25, 0.3) is 0 Å². The van der Waals surface area contributed by atoms with E-state index in [-0.39, 0.29) is 0 Å². The summed E-state index contributed by atoms with van der Waals surface area (Å²) in [6.45, 7) is 3.95. The van der Waals surface area contributed by atoms with E-state index in [1.807, 2.05) is 68.4 Å². The Hall–Kier alpha value is -3.21. The second kappa shape index (κ2) is 6.02. The molecule has 3 aromatic rings. The second-order valence-electron chi connectivity index (χ2n) is 6.15. The Morgan fingerprint density at radius 1 is 1.04 bits per heavy atom. The minimum Gasteiger partial charge on any atom is -0.356 e. The van der Waals surface area contributed by atoms with E-state index >= 15 is 0 Å². The summed E-state index contributed by atoms with van der Waals surface area (Å²) in [6.07, 6.45) is 0.908. The molecule has 1 atom stereocenters. The maximum Gasteiger partial charge on any atom is 0.164 e. The van der Waals surface area contributed by atoms with Crippen molar-refractivity contribution in [3.8, 4) is 5.69 Å². The average molecular weight is 330 g/mol. The summed E-state index contributed by atoms with van der Waals surface area (Å²) in [5.74, 6) is 1.39. The minimum absolute atomic E-state index is 0.457. The molecule has 0 aliphatic carbocycles. The Labute approximate surface area is 146 Å². The van der Waals surface area contributed by atoms with E-state index in [0.29, 0.717) is 11.7 Å². The van der Waals surface area contributed by atoms with Gasteiger partial charge in [0, 0.05) is 11.1 Å². The number of aliphatic imine (C=N–C) groups is 1. The van der Waals surface area contributed by atoms with Gasteiger partial charge < -0.3 is 10.1 Å². The summed E-state index contributed by atoms with van der Waals surface area (Å²) in [5.41, 5.74) is 4.68. The quantitative estimate of drug-likeness (QED) is 0.749. The first kappa shape index (κ1) is 15.3. The highest BCUT2D eigenvalue weighted by molar-refractivity contribution is 6.03. The van der Waals surface area contributed by atoms with Gasteiger partial charge >= 0.3 is 0 Å². The third kappa shape index (κ3) is 2.63. The number of hydrogen-bond donors (Lipinski definition) is 1. The molecule has 1 N–H and O–H groups in total. The molecule has 1 unspecified atom stereocenters. The zero-order valence-electron chi connectivity index (χ0n) is 14.1. The van der Waals surface area contributed by atoms with Crippen LogP contribution in [0.25, 0.3) is 5.69 Å². The van der Waals surface area contributed by atoms with Crippen molar-refractivity contribution in [2.75, 3.05) is 0 Å². The molecule has 1 aliphatic rings. The van der Waals surface area contributed by atoms with E-state index in [0.717, 1.165) is 28.8 Å². The molecule has 1 aromatic heterocycles. The van der Waals surface area contributed by atoms with Gasteiger partial charge in [0.2, 0.25) is 0 Å². The number of aryl methyl sites for hydroxylation is 2. The van der Waals surface area contributed by atoms with Crippen LogP contribution in [0.1, 0.15) is 28.4 Å². The lowest BCUT2D eigenvalue weighted by Crippen LogP contribution is -2.33. The number of para-hydroxylation sites is 1. The lowest BCUT2D eigenvalue weighted by molar-refractivity contribution is -0.109. The molecule has 0 spiro atoms. The number of amidine groups is 1. The summed E-state index contributed by atoms with van der Waals surface area (Å²) in [7, 11) is 0. The molecule has 0 amide bonds. The summed E-state index contributed by atoms with van der Waals surface area (Å²) in [4.78, 5) is 16.5. The monoisotopic (exact) mass is 330 g/mol. The van der Waals surface area contributed by atoms with Gasteiger partial charge in [-0.05, 0) is 26.0 Å². The number of aldehydes is 1. The number of nitrogens with zero attached hydrogens (tertiary/aromatic N) is 3. The molecule has 2 aromatic carbocycles. The number of carbonyl (C=O) groups is 1. The van der Waals surface area contributed by atoms with Gasteiger partial charge in [-0.2, -0.15) is 5.10 Å². The topological polar surface area (TPSA) is 59.3 Å². The third-order valence-corrected chi connectivity index (χ3v) is 4.36. The van der Waals surface area contributed by atoms with Gasteiger partial charge in [0.1, 0.15) is 18.2 Å². The maximum atomic E-state index is 11.7. The SMILES string of the molecule is Cc1ccc(C2=Nc3c(c(C)nn3-c3ccccc3)C(C=O)N2)cc1. The van der Waals surface area contributed by atoms with E-state index in [1.165, 1.54) is 5.56 Å². The van der Waals surface area contributed by atoms with Crippen molar-refractivity contribution in [3.63, 3.8) is 0 Å². The highest BCUT2D eigenvalue weighted by atomic mass is 16.1. The fourth-order valence-corrected chi connectivity index (χ4v) is 3.07. The first-order valence-electron chi connectivity index (χ1n) is 8.20. The van der Waals surface area contributed by atoms with Crippen LogP contribution in [0, 0.1) is 13.8 Å². The number of hydrogen-bond acceptors (Lipinski definition) is 4. The highest BCUT2D eigenvalue weighted by Crippen LogP contribution is 2.34. The van der Waals surface area contributed by atoms with Crippen molar-refractivity contribution < 1.29 is 4.79 Å². The standard InChI is InChI=1S/C20H18N4O/c1-13-8-10-15(11-9-13)19-21-17(12-25)18-14(2)23-24(20(18)22-19)16-6-4-3-5-7-16/h3-12,17H,1-2H3,(H,21,22). The molecule has 1 aliphatic heterocycles. The molecule has 0 saturated heterocycles. The van der Waals surface area contributed by atoms with Crippen LogP contribution in [0.4, 0.5) is 5.82 Å². The zero-order valence-corrected chi connectivity index (χ0v) is 14.1. The molecule has 5 heteroatoms. The molecule has 0 saturated carbocycles.